The highest BCUT2D eigenvalue weighted by Gasteiger charge is 2.23. The summed E-state index contributed by atoms with van der Waals surface area (Å²) in [6.45, 7) is 0.0218. The van der Waals surface area contributed by atoms with E-state index in [-0.39, 0.29) is 13.2 Å². The number of para-hydroxylation sites is 1. The van der Waals surface area contributed by atoms with E-state index in [2.05, 4.69) is 5.32 Å². The van der Waals surface area contributed by atoms with E-state index in [1.807, 2.05) is 24.3 Å². The molecule has 106 valence electrons. The number of hydrogen-bond donors (Lipinski definition) is 2. The van der Waals surface area contributed by atoms with Crippen LogP contribution in [0.1, 0.15) is 5.56 Å². The van der Waals surface area contributed by atoms with Crippen molar-refractivity contribution in [2.45, 2.75) is 6.04 Å². The van der Waals surface area contributed by atoms with Gasteiger partial charge in [-0.15, -0.1) is 0 Å². The first-order valence-electron chi connectivity index (χ1n) is 6.07. The first-order chi connectivity index (χ1) is 9.61. The van der Waals surface area contributed by atoms with Gasteiger partial charge in [-0.1, -0.05) is 18.2 Å². The molecular formula is C14H15NO5. The van der Waals surface area contributed by atoms with Gasteiger partial charge in [0.15, 0.2) is 6.04 Å². The third-order valence-corrected chi connectivity index (χ3v) is 2.86. The standard InChI is InChI=1S/C14H15NO5/c1-19-8-11(14(17)18)15-13(16)10-6-9-4-2-3-5-12(9)20-7-10/h2-6,11H,7-8H2,1H3,(H,15,16)(H,17,18). The van der Waals surface area contributed by atoms with Crippen LogP contribution in [0.4, 0.5) is 0 Å². The smallest absolute Gasteiger partial charge is 0.328 e. The fourth-order valence-corrected chi connectivity index (χ4v) is 1.84. The van der Waals surface area contributed by atoms with Crippen LogP contribution in [0.2, 0.25) is 0 Å². The summed E-state index contributed by atoms with van der Waals surface area (Å²) in [6, 6.07) is 6.24. The van der Waals surface area contributed by atoms with E-state index in [9.17, 15) is 9.59 Å². The molecule has 20 heavy (non-hydrogen) atoms. The Bertz CT molecular complexity index is 552. The van der Waals surface area contributed by atoms with Gasteiger partial charge in [-0.05, 0) is 12.1 Å². The zero-order chi connectivity index (χ0) is 14.5. The topological polar surface area (TPSA) is 84.9 Å². The first kappa shape index (κ1) is 14.1. The minimum atomic E-state index is -1.14. The van der Waals surface area contributed by atoms with Crippen LogP contribution in [0.25, 0.3) is 6.08 Å². The van der Waals surface area contributed by atoms with E-state index in [0.29, 0.717) is 11.3 Å². The molecule has 0 fully saturated rings. The molecule has 0 bridgehead atoms. The Hall–Kier alpha value is -2.34. The molecule has 1 aromatic carbocycles. The van der Waals surface area contributed by atoms with Gasteiger partial charge in [0.1, 0.15) is 12.4 Å². The number of hydrogen-bond acceptors (Lipinski definition) is 4. The molecule has 6 heteroatoms. The van der Waals surface area contributed by atoms with Crippen molar-refractivity contribution >= 4 is 18.0 Å². The number of nitrogens with one attached hydrogen (secondary N) is 1. The lowest BCUT2D eigenvalue weighted by atomic mass is 10.1. The molecule has 0 aliphatic carbocycles. The molecule has 1 unspecified atom stereocenters. The van der Waals surface area contributed by atoms with E-state index in [0.717, 1.165) is 5.56 Å². The van der Waals surface area contributed by atoms with Gasteiger partial charge in [0, 0.05) is 12.7 Å². The fourth-order valence-electron chi connectivity index (χ4n) is 1.84. The molecule has 1 amide bonds. The molecule has 0 saturated carbocycles. The lowest BCUT2D eigenvalue weighted by molar-refractivity contribution is -0.142. The van der Waals surface area contributed by atoms with Crippen molar-refractivity contribution in [1.82, 2.24) is 5.32 Å². The zero-order valence-electron chi connectivity index (χ0n) is 11.0. The number of carbonyl (C=O) groups excluding carboxylic acids is 1. The first-order valence-corrected chi connectivity index (χ1v) is 6.07. The number of carboxylic acids is 1. The molecule has 1 aromatic rings. The van der Waals surface area contributed by atoms with Crippen LogP contribution in [0.3, 0.4) is 0 Å². The molecular weight excluding hydrogens is 262 g/mol. The van der Waals surface area contributed by atoms with Gasteiger partial charge >= 0.3 is 5.97 Å². The maximum Gasteiger partial charge on any atom is 0.328 e. The number of fused-ring (bicyclic) bond motifs is 1. The summed E-state index contributed by atoms with van der Waals surface area (Å²) in [7, 11) is 1.38. The van der Waals surface area contributed by atoms with Gasteiger partial charge in [-0.25, -0.2) is 4.79 Å². The summed E-state index contributed by atoms with van der Waals surface area (Å²) in [4.78, 5) is 23.0. The van der Waals surface area contributed by atoms with Crippen molar-refractivity contribution in [2.75, 3.05) is 20.3 Å². The number of aliphatic carboxylic acids is 1. The molecule has 2 N–H and O–H groups in total. The highest BCUT2D eigenvalue weighted by molar-refractivity contribution is 6.00. The SMILES string of the molecule is COCC(NC(=O)C1=Cc2ccccc2OC1)C(=O)O. The highest BCUT2D eigenvalue weighted by atomic mass is 16.5. The Balaban J connectivity index is 2.11. The molecule has 1 atom stereocenters. The normalized spacial score (nSPS) is 14.6. The van der Waals surface area contributed by atoms with Crippen molar-refractivity contribution in [3.63, 3.8) is 0 Å². The van der Waals surface area contributed by atoms with E-state index in [4.69, 9.17) is 14.6 Å². The van der Waals surface area contributed by atoms with Gasteiger partial charge in [-0.2, -0.15) is 0 Å². The van der Waals surface area contributed by atoms with Crippen LogP contribution in [-0.4, -0.2) is 43.3 Å². The minimum absolute atomic E-state index is 0.0915. The quantitative estimate of drug-likeness (QED) is 0.826. The van der Waals surface area contributed by atoms with E-state index >= 15 is 0 Å². The number of benzene rings is 1. The molecule has 0 aromatic heterocycles. The Kier molecular flexibility index (Phi) is 4.37. The molecule has 2 rings (SSSR count). The molecule has 0 spiro atoms. The van der Waals surface area contributed by atoms with Crippen molar-refractivity contribution in [1.29, 1.82) is 0 Å². The number of amides is 1. The number of carboxylic acid groups (broad SMARTS) is 1. The minimum Gasteiger partial charge on any atom is -0.488 e. The third-order valence-electron chi connectivity index (χ3n) is 2.86. The average molecular weight is 277 g/mol. The van der Waals surface area contributed by atoms with Crippen LogP contribution < -0.4 is 10.1 Å². The van der Waals surface area contributed by atoms with Gasteiger partial charge in [-0.3, -0.25) is 4.79 Å². The van der Waals surface area contributed by atoms with Crippen LogP contribution >= 0.6 is 0 Å². The third kappa shape index (κ3) is 3.16. The largest absolute Gasteiger partial charge is 0.488 e. The van der Waals surface area contributed by atoms with Crippen molar-refractivity contribution in [3.8, 4) is 5.75 Å². The summed E-state index contributed by atoms with van der Waals surface area (Å²) < 4.78 is 10.2. The number of carbonyl (C=O) groups is 2. The van der Waals surface area contributed by atoms with Crippen molar-refractivity contribution in [3.05, 3.63) is 35.4 Å². The molecule has 1 aliphatic heterocycles. The van der Waals surface area contributed by atoms with Crippen LogP contribution in [0.15, 0.2) is 29.8 Å². The summed E-state index contributed by atoms with van der Waals surface area (Å²) in [6.07, 6.45) is 1.69. The lowest BCUT2D eigenvalue weighted by Gasteiger charge is -2.19. The van der Waals surface area contributed by atoms with Gasteiger partial charge < -0.3 is 19.9 Å². The summed E-state index contributed by atoms with van der Waals surface area (Å²) in [5, 5.41) is 11.4. The van der Waals surface area contributed by atoms with Crippen molar-refractivity contribution < 1.29 is 24.2 Å². The summed E-state index contributed by atoms with van der Waals surface area (Å²) in [5.41, 5.74) is 1.17. The predicted molar refractivity (Wildman–Crippen MR) is 71.4 cm³/mol. The molecule has 0 radical (unpaired) electrons. The Morgan fingerprint density at radius 3 is 2.90 bits per heavy atom. The maximum absolute atomic E-state index is 12.0. The molecule has 0 saturated heterocycles. The van der Waals surface area contributed by atoms with E-state index < -0.39 is 17.9 Å². The Labute approximate surface area is 116 Å². The fraction of sp³-hybridized carbons (Fsp3) is 0.286. The number of ether oxygens (including phenoxy) is 2. The lowest BCUT2D eigenvalue weighted by Crippen LogP contribution is -2.45. The molecule has 1 aliphatic rings. The van der Waals surface area contributed by atoms with Gasteiger partial charge in [0.2, 0.25) is 0 Å². The second-order valence-corrected chi connectivity index (χ2v) is 4.32. The predicted octanol–water partition coefficient (Wildman–Crippen LogP) is 0.678. The Morgan fingerprint density at radius 1 is 1.45 bits per heavy atom. The number of rotatable bonds is 5. The second-order valence-electron chi connectivity index (χ2n) is 4.32. The van der Waals surface area contributed by atoms with Crippen LogP contribution in [0, 0.1) is 0 Å². The maximum atomic E-state index is 12.0. The van der Waals surface area contributed by atoms with Gasteiger partial charge in [0.05, 0.1) is 12.2 Å². The average Bonchev–Trinajstić information content (AvgIpc) is 2.46. The highest BCUT2D eigenvalue weighted by Crippen LogP contribution is 2.25. The van der Waals surface area contributed by atoms with Gasteiger partial charge in [0.25, 0.3) is 5.91 Å². The van der Waals surface area contributed by atoms with Crippen LogP contribution in [-0.2, 0) is 14.3 Å². The van der Waals surface area contributed by atoms with Crippen LogP contribution in [0.5, 0.6) is 5.75 Å². The van der Waals surface area contributed by atoms with E-state index in [1.165, 1.54) is 7.11 Å². The monoisotopic (exact) mass is 277 g/mol. The zero-order valence-corrected chi connectivity index (χ0v) is 11.0. The summed E-state index contributed by atoms with van der Waals surface area (Å²) >= 11 is 0. The number of methoxy groups -OCH3 is 1. The van der Waals surface area contributed by atoms with E-state index in [1.54, 1.807) is 6.08 Å². The second kappa shape index (κ2) is 6.21. The summed E-state index contributed by atoms with van der Waals surface area (Å²) in [5.74, 6) is -0.905. The van der Waals surface area contributed by atoms with Crippen molar-refractivity contribution in [2.24, 2.45) is 0 Å². The Morgan fingerprint density at radius 2 is 2.20 bits per heavy atom. The molecule has 1 heterocycles. The molecule has 6 nitrogen and oxygen atoms in total.